The standard InChI is InChI=1S/C32H31FN6O3/c1-14-22-24-23(31(22,3)30(41)42)15(2)32(14,24)29-38-25(26-27(34)36-10-11-39(26)29)19-7-6-18(12-20(19)33)28(40)37-21-13-17(8-9-35-21)16-4-5-16/h6-16,22-24H,4-5H2,1-3H3,(H2,34,36)(H,41,42)(H,35,37,40). The summed E-state index contributed by atoms with van der Waals surface area (Å²) in [5, 5.41) is 12.8. The lowest BCUT2D eigenvalue weighted by Gasteiger charge is -2.87. The maximum atomic E-state index is 15.8. The number of amides is 1. The molecule has 0 spiro atoms. The number of carbonyl (C=O) groups is 2. The Hall–Kier alpha value is -4.34. The van der Waals surface area contributed by atoms with Crippen LogP contribution < -0.4 is 11.1 Å². The van der Waals surface area contributed by atoms with E-state index in [2.05, 4.69) is 29.1 Å². The highest BCUT2D eigenvalue weighted by Gasteiger charge is 2.90. The number of nitrogen functional groups attached to an aromatic ring is 1. The van der Waals surface area contributed by atoms with Gasteiger partial charge in [0.15, 0.2) is 0 Å². The Morgan fingerprint density at radius 1 is 1.07 bits per heavy atom. The van der Waals surface area contributed by atoms with E-state index in [9.17, 15) is 14.7 Å². The van der Waals surface area contributed by atoms with Crippen LogP contribution in [0.4, 0.5) is 16.0 Å². The molecule has 1 amide bonds. The Morgan fingerprint density at radius 3 is 2.45 bits per heavy atom. The number of anilines is 2. The number of carboxylic acid groups (broad SMARTS) is 1. The molecule has 3 heterocycles. The third kappa shape index (κ3) is 2.89. The number of imidazole rings is 1. The van der Waals surface area contributed by atoms with Gasteiger partial charge in [-0.05, 0) is 91.2 Å². The van der Waals surface area contributed by atoms with Gasteiger partial charge in [-0.2, -0.15) is 0 Å². The van der Waals surface area contributed by atoms with Crippen molar-refractivity contribution in [2.75, 3.05) is 11.1 Å². The molecule has 4 aliphatic rings. The normalized spacial score (nSPS) is 32.3. The lowest BCUT2D eigenvalue weighted by molar-refractivity contribution is -0.381. The molecular weight excluding hydrogens is 535 g/mol. The van der Waals surface area contributed by atoms with E-state index in [1.807, 2.05) is 23.5 Å². The van der Waals surface area contributed by atoms with E-state index in [1.54, 1.807) is 30.7 Å². The number of rotatable bonds is 6. The van der Waals surface area contributed by atoms with E-state index < -0.39 is 23.1 Å². The lowest BCUT2D eigenvalue weighted by atomic mass is 9.15. The number of carboxylic acids is 1. The van der Waals surface area contributed by atoms with Crippen LogP contribution in [-0.2, 0) is 10.2 Å². The first-order chi connectivity index (χ1) is 20.1. The van der Waals surface area contributed by atoms with Gasteiger partial charge < -0.3 is 16.2 Å². The highest BCUT2D eigenvalue weighted by Crippen LogP contribution is 2.87. The van der Waals surface area contributed by atoms with Crippen LogP contribution in [0.5, 0.6) is 0 Å². The van der Waals surface area contributed by atoms with E-state index in [1.165, 1.54) is 6.07 Å². The monoisotopic (exact) mass is 566 g/mol. The minimum atomic E-state index is -0.737. The topological polar surface area (TPSA) is 136 Å². The molecule has 214 valence electrons. The Kier molecular flexibility index (Phi) is 4.92. The third-order valence-corrected chi connectivity index (χ3v) is 11.3. The molecular formula is C32H31FN6O3. The smallest absolute Gasteiger partial charge is 0.309 e. The van der Waals surface area contributed by atoms with Crippen LogP contribution in [-0.4, -0.2) is 36.3 Å². The van der Waals surface area contributed by atoms with Gasteiger partial charge in [0.2, 0.25) is 0 Å². The van der Waals surface area contributed by atoms with Gasteiger partial charge in [-0.1, -0.05) is 13.8 Å². The molecule has 3 aromatic heterocycles. The SMILES string of the molecule is CC1C2C3C(C(C)C13c1nc(-c3ccc(C(=O)Nc4cc(C5CC5)ccn4)cc3F)c3c(N)nccn13)C2(C)C(=O)O. The predicted molar refractivity (Wildman–Crippen MR) is 153 cm³/mol. The Balaban J connectivity index is 1.16. The van der Waals surface area contributed by atoms with Gasteiger partial charge in [0.25, 0.3) is 5.91 Å². The van der Waals surface area contributed by atoms with Crippen LogP contribution in [0.3, 0.4) is 0 Å². The fraction of sp³-hybridized carbons (Fsp3) is 0.406. The van der Waals surface area contributed by atoms with E-state index >= 15 is 4.39 Å². The molecule has 4 N–H and O–H groups in total. The van der Waals surface area contributed by atoms with Crippen molar-refractivity contribution < 1.29 is 19.1 Å². The second kappa shape index (κ2) is 8.14. The van der Waals surface area contributed by atoms with Crippen LogP contribution in [0, 0.1) is 40.8 Å². The first-order valence-corrected chi connectivity index (χ1v) is 14.5. The summed E-state index contributed by atoms with van der Waals surface area (Å²) in [6, 6.07) is 8.16. The summed E-state index contributed by atoms with van der Waals surface area (Å²) in [5.74, 6) is 0.676. The van der Waals surface area contributed by atoms with E-state index in [0.29, 0.717) is 22.9 Å². The van der Waals surface area contributed by atoms with Gasteiger partial charge in [-0.25, -0.2) is 19.3 Å². The number of nitrogens with one attached hydrogen (secondary N) is 1. The van der Waals surface area contributed by atoms with Crippen LogP contribution >= 0.6 is 0 Å². The van der Waals surface area contributed by atoms with Crippen molar-refractivity contribution in [2.45, 2.75) is 44.9 Å². The number of fused-ring (bicyclic) bond motifs is 1. The first kappa shape index (κ1) is 25.4. The molecule has 0 radical (unpaired) electrons. The molecule has 9 nitrogen and oxygen atoms in total. The van der Waals surface area contributed by atoms with E-state index in [0.717, 1.165) is 24.2 Å². The number of hydrogen-bond donors (Lipinski definition) is 3. The molecule has 0 saturated heterocycles. The molecule has 1 aromatic carbocycles. The van der Waals surface area contributed by atoms with E-state index in [-0.39, 0.29) is 51.9 Å². The van der Waals surface area contributed by atoms with Gasteiger partial charge in [-0.3, -0.25) is 14.0 Å². The zero-order chi connectivity index (χ0) is 29.3. The maximum absolute atomic E-state index is 15.8. The molecule has 0 aliphatic heterocycles. The fourth-order valence-corrected chi connectivity index (χ4v) is 9.33. The molecule has 10 heteroatoms. The van der Waals surface area contributed by atoms with Crippen molar-refractivity contribution in [3.63, 3.8) is 0 Å². The fourth-order valence-electron chi connectivity index (χ4n) is 9.33. The number of aliphatic carboxylic acids is 1. The van der Waals surface area contributed by atoms with E-state index in [4.69, 9.17) is 10.7 Å². The molecule has 0 bridgehead atoms. The lowest BCUT2D eigenvalue weighted by Crippen LogP contribution is -2.89. The van der Waals surface area contributed by atoms with Gasteiger partial charge in [0.1, 0.15) is 34.5 Å². The number of aromatic nitrogens is 4. The second-order valence-corrected chi connectivity index (χ2v) is 12.9. The number of halogens is 1. The number of pyridine rings is 1. The molecule has 42 heavy (non-hydrogen) atoms. The minimum absolute atomic E-state index is 0.0696. The summed E-state index contributed by atoms with van der Waals surface area (Å²) in [6.45, 7) is 6.10. The predicted octanol–water partition coefficient (Wildman–Crippen LogP) is 5.13. The van der Waals surface area contributed by atoms with Gasteiger partial charge in [0, 0.05) is 35.1 Å². The Bertz CT molecular complexity index is 1820. The second-order valence-electron chi connectivity index (χ2n) is 12.9. The Labute approximate surface area is 241 Å². The van der Waals surface area contributed by atoms with Crippen molar-refractivity contribution in [3.05, 3.63) is 71.7 Å². The van der Waals surface area contributed by atoms with Crippen LogP contribution in [0.15, 0.2) is 48.9 Å². The largest absolute Gasteiger partial charge is 0.481 e. The first-order valence-electron chi connectivity index (χ1n) is 14.5. The number of hydrogen-bond acceptors (Lipinski definition) is 6. The number of carbonyl (C=O) groups excluding carboxylic acids is 1. The summed E-state index contributed by atoms with van der Waals surface area (Å²) in [6.07, 6.45) is 7.35. The quantitative estimate of drug-likeness (QED) is 0.294. The highest BCUT2D eigenvalue weighted by molar-refractivity contribution is 6.04. The average molecular weight is 567 g/mol. The van der Waals surface area contributed by atoms with Crippen LogP contribution in [0.25, 0.3) is 16.8 Å². The molecule has 4 saturated carbocycles. The zero-order valence-electron chi connectivity index (χ0n) is 23.5. The molecule has 8 rings (SSSR count). The summed E-state index contributed by atoms with van der Waals surface area (Å²) >= 11 is 0. The average Bonchev–Trinajstić information content (AvgIpc) is 3.74. The van der Waals surface area contributed by atoms with Crippen LogP contribution in [0.1, 0.15) is 61.3 Å². The molecule has 4 unspecified atom stereocenters. The van der Waals surface area contributed by atoms with Crippen molar-refractivity contribution in [3.8, 4) is 11.3 Å². The molecule has 4 aromatic rings. The number of nitrogens with zero attached hydrogens (tertiary/aromatic N) is 4. The van der Waals surface area contributed by atoms with Crippen molar-refractivity contribution in [1.29, 1.82) is 0 Å². The van der Waals surface area contributed by atoms with Gasteiger partial charge in [-0.15, -0.1) is 0 Å². The summed E-state index contributed by atoms with van der Waals surface area (Å²) < 4.78 is 17.7. The molecule has 4 fully saturated rings. The number of nitrogens with two attached hydrogens (primary N) is 1. The molecule has 4 atom stereocenters. The third-order valence-electron chi connectivity index (χ3n) is 11.3. The Morgan fingerprint density at radius 2 is 1.81 bits per heavy atom. The van der Waals surface area contributed by atoms with Gasteiger partial charge in [0.05, 0.1) is 5.41 Å². The summed E-state index contributed by atoms with van der Waals surface area (Å²) in [7, 11) is 0. The zero-order valence-corrected chi connectivity index (χ0v) is 23.5. The highest BCUT2D eigenvalue weighted by atomic mass is 19.1. The molecule has 4 aliphatic carbocycles. The minimum Gasteiger partial charge on any atom is -0.481 e. The number of benzene rings is 1. The van der Waals surface area contributed by atoms with Crippen molar-refractivity contribution in [2.24, 2.45) is 35.0 Å². The van der Waals surface area contributed by atoms with Crippen LogP contribution in [0.2, 0.25) is 0 Å². The summed E-state index contributed by atoms with van der Waals surface area (Å²) in [5.41, 5.74) is 7.69. The van der Waals surface area contributed by atoms with Gasteiger partial charge >= 0.3 is 5.97 Å². The maximum Gasteiger partial charge on any atom is 0.309 e. The van der Waals surface area contributed by atoms with Crippen molar-refractivity contribution in [1.82, 2.24) is 19.4 Å². The van der Waals surface area contributed by atoms with Crippen molar-refractivity contribution >= 4 is 29.0 Å². The summed E-state index contributed by atoms with van der Waals surface area (Å²) in [4.78, 5) is 38.8.